The molecule has 110 valence electrons. The monoisotopic (exact) mass is 305 g/mol. The molecule has 1 fully saturated rings. The minimum absolute atomic E-state index is 0.0163. The molecule has 1 amide bonds. The first-order valence-electron chi connectivity index (χ1n) is 6.83. The lowest BCUT2D eigenvalue weighted by Gasteiger charge is -2.18. The van der Waals surface area contributed by atoms with Crippen LogP contribution in [-0.4, -0.2) is 41.9 Å². The van der Waals surface area contributed by atoms with Crippen molar-refractivity contribution in [3.05, 3.63) is 39.3 Å². The zero-order valence-electron chi connectivity index (χ0n) is 11.4. The quantitative estimate of drug-likeness (QED) is 0.682. The molecule has 1 aromatic heterocycles. The highest BCUT2D eigenvalue weighted by Gasteiger charge is 2.19. The fourth-order valence-electron chi connectivity index (χ4n) is 2.45. The summed E-state index contributed by atoms with van der Waals surface area (Å²) in [7, 11) is 0. The van der Waals surface area contributed by atoms with E-state index in [0.29, 0.717) is 11.4 Å². The van der Waals surface area contributed by atoms with Crippen LogP contribution < -0.4 is 5.32 Å². The van der Waals surface area contributed by atoms with Crippen LogP contribution in [0.15, 0.2) is 24.3 Å². The van der Waals surface area contributed by atoms with E-state index < -0.39 is 4.92 Å². The molecule has 1 aliphatic rings. The molecule has 2 heterocycles. The number of hydrogen-bond acceptors (Lipinski definition) is 5. The highest BCUT2D eigenvalue weighted by atomic mass is 32.1. The van der Waals surface area contributed by atoms with Gasteiger partial charge in [-0.2, -0.15) is 0 Å². The predicted octanol–water partition coefficient (Wildman–Crippen LogP) is 2.25. The number of nitro groups is 1. The molecular formula is C14H15N3O3S. The Morgan fingerprint density at radius 2 is 2.14 bits per heavy atom. The van der Waals surface area contributed by atoms with Crippen molar-refractivity contribution >= 4 is 33.0 Å². The third-order valence-electron chi connectivity index (χ3n) is 3.55. The summed E-state index contributed by atoms with van der Waals surface area (Å²) in [6, 6.07) is 6.46. The molecule has 0 spiro atoms. The standard InChI is InChI=1S/C14H15N3O3S/c18-14(16-6-1-4-15-5-7-16)13-9-10-8-11(17(19)20)2-3-12(10)21-13/h2-3,8-9,15H,1,4-7H2. The van der Waals surface area contributed by atoms with Crippen LogP contribution in [0.3, 0.4) is 0 Å². The van der Waals surface area contributed by atoms with Gasteiger partial charge in [0.2, 0.25) is 0 Å². The molecule has 3 rings (SSSR count). The first kappa shape index (κ1) is 14.0. The zero-order valence-corrected chi connectivity index (χ0v) is 12.2. The number of nitro benzene ring substituents is 1. The Morgan fingerprint density at radius 3 is 2.95 bits per heavy atom. The summed E-state index contributed by atoms with van der Waals surface area (Å²) in [6.07, 6.45) is 0.947. The molecule has 1 saturated heterocycles. The van der Waals surface area contributed by atoms with E-state index in [1.165, 1.54) is 23.5 Å². The molecule has 21 heavy (non-hydrogen) atoms. The number of thiophene rings is 1. The molecule has 2 aromatic rings. The number of rotatable bonds is 2. The molecule has 0 unspecified atom stereocenters. The summed E-state index contributed by atoms with van der Waals surface area (Å²) in [4.78, 5) is 25.4. The van der Waals surface area contributed by atoms with Gasteiger partial charge in [0, 0.05) is 41.9 Å². The van der Waals surface area contributed by atoms with Crippen LogP contribution in [0.5, 0.6) is 0 Å². The van der Waals surface area contributed by atoms with E-state index in [1.807, 2.05) is 4.90 Å². The minimum Gasteiger partial charge on any atom is -0.337 e. The smallest absolute Gasteiger partial charge is 0.270 e. The third kappa shape index (κ3) is 2.88. The summed E-state index contributed by atoms with van der Waals surface area (Å²) in [5.41, 5.74) is 0.0540. The van der Waals surface area contributed by atoms with E-state index in [0.717, 1.165) is 36.1 Å². The van der Waals surface area contributed by atoms with Crippen molar-refractivity contribution < 1.29 is 9.72 Å². The van der Waals surface area contributed by atoms with Gasteiger partial charge in [-0.15, -0.1) is 11.3 Å². The molecule has 0 radical (unpaired) electrons. The molecular weight excluding hydrogens is 290 g/mol. The molecule has 0 atom stereocenters. The van der Waals surface area contributed by atoms with E-state index in [4.69, 9.17) is 0 Å². The number of non-ortho nitro benzene ring substituents is 1. The van der Waals surface area contributed by atoms with Crippen LogP contribution >= 0.6 is 11.3 Å². The van der Waals surface area contributed by atoms with Crippen LogP contribution in [0.2, 0.25) is 0 Å². The van der Waals surface area contributed by atoms with E-state index in [-0.39, 0.29) is 11.6 Å². The molecule has 7 heteroatoms. The van der Waals surface area contributed by atoms with Crippen molar-refractivity contribution in [2.45, 2.75) is 6.42 Å². The Balaban J connectivity index is 1.89. The van der Waals surface area contributed by atoms with Crippen LogP contribution in [0.1, 0.15) is 16.1 Å². The molecule has 0 saturated carbocycles. The number of carbonyl (C=O) groups is 1. The van der Waals surface area contributed by atoms with Gasteiger partial charge in [0.15, 0.2) is 0 Å². The summed E-state index contributed by atoms with van der Waals surface area (Å²) < 4.78 is 0.900. The van der Waals surface area contributed by atoms with E-state index in [1.54, 1.807) is 12.1 Å². The van der Waals surface area contributed by atoms with Crippen molar-refractivity contribution in [2.24, 2.45) is 0 Å². The predicted molar refractivity (Wildman–Crippen MR) is 81.9 cm³/mol. The normalized spacial score (nSPS) is 15.9. The fourth-order valence-corrected chi connectivity index (χ4v) is 3.47. The maximum atomic E-state index is 12.5. The fraction of sp³-hybridized carbons (Fsp3) is 0.357. The Labute approximate surface area is 125 Å². The number of carbonyl (C=O) groups excluding carboxylic acids is 1. The average Bonchev–Trinajstić information content (AvgIpc) is 2.71. The van der Waals surface area contributed by atoms with Gasteiger partial charge in [0.1, 0.15) is 0 Å². The Hall–Kier alpha value is -1.99. The average molecular weight is 305 g/mol. The van der Waals surface area contributed by atoms with Gasteiger partial charge in [-0.05, 0) is 25.1 Å². The Morgan fingerprint density at radius 1 is 1.29 bits per heavy atom. The van der Waals surface area contributed by atoms with Gasteiger partial charge in [-0.3, -0.25) is 14.9 Å². The van der Waals surface area contributed by atoms with E-state index >= 15 is 0 Å². The number of hydrogen-bond donors (Lipinski definition) is 1. The van der Waals surface area contributed by atoms with Gasteiger partial charge in [-0.1, -0.05) is 0 Å². The van der Waals surface area contributed by atoms with Crippen molar-refractivity contribution in [1.29, 1.82) is 0 Å². The number of benzene rings is 1. The van der Waals surface area contributed by atoms with Crippen LogP contribution in [0, 0.1) is 10.1 Å². The molecule has 6 nitrogen and oxygen atoms in total. The van der Waals surface area contributed by atoms with Crippen molar-refractivity contribution in [3.63, 3.8) is 0 Å². The Kier molecular flexibility index (Phi) is 3.85. The van der Waals surface area contributed by atoms with Crippen molar-refractivity contribution in [1.82, 2.24) is 10.2 Å². The SMILES string of the molecule is O=C(c1cc2cc([N+](=O)[O-])ccc2s1)N1CCCNCC1. The molecule has 0 aliphatic carbocycles. The van der Waals surface area contributed by atoms with Gasteiger partial charge in [-0.25, -0.2) is 0 Å². The molecule has 1 aliphatic heterocycles. The minimum atomic E-state index is -0.418. The molecule has 1 N–H and O–H groups in total. The largest absolute Gasteiger partial charge is 0.337 e. The lowest BCUT2D eigenvalue weighted by Crippen LogP contribution is -2.33. The summed E-state index contributed by atoms with van der Waals surface area (Å²) in [6.45, 7) is 3.19. The lowest BCUT2D eigenvalue weighted by atomic mass is 10.2. The Bertz CT molecular complexity index is 690. The van der Waals surface area contributed by atoms with Crippen molar-refractivity contribution in [2.75, 3.05) is 26.2 Å². The molecule has 1 aromatic carbocycles. The van der Waals surface area contributed by atoms with E-state index in [2.05, 4.69) is 5.32 Å². The first-order valence-corrected chi connectivity index (χ1v) is 7.65. The van der Waals surface area contributed by atoms with Gasteiger partial charge < -0.3 is 10.2 Å². The second kappa shape index (κ2) is 5.79. The van der Waals surface area contributed by atoms with Gasteiger partial charge in [0.25, 0.3) is 11.6 Å². The number of nitrogens with one attached hydrogen (secondary N) is 1. The second-order valence-electron chi connectivity index (χ2n) is 4.99. The second-order valence-corrected chi connectivity index (χ2v) is 6.07. The van der Waals surface area contributed by atoms with Crippen LogP contribution in [0.4, 0.5) is 5.69 Å². The van der Waals surface area contributed by atoms with Crippen LogP contribution in [-0.2, 0) is 0 Å². The molecule has 0 bridgehead atoms. The van der Waals surface area contributed by atoms with Crippen molar-refractivity contribution in [3.8, 4) is 0 Å². The maximum Gasteiger partial charge on any atom is 0.270 e. The zero-order chi connectivity index (χ0) is 14.8. The topological polar surface area (TPSA) is 75.5 Å². The van der Waals surface area contributed by atoms with Gasteiger partial charge in [0.05, 0.1) is 9.80 Å². The summed E-state index contributed by atoms with van der Waals surface area (Å²) in [5.74, 6) is 0.0163. The van der Waals surface area contributed by atoms with E-state index in [9.17, 15) is 14.9 Å². The lowest BCUT2D eigenvalue weighted by molar-refractivity contribution is -0.384. The summed E-state index contributed by atoms with van der Waals surface area (Å²) >= 11 is 1.39. The highest BCUT2D eigenvalue weighted by molar-refractivity contribution is 7.20. The number of amides is 1. The third-order valence-corrected chi connectivity index (χ3v) is 4.65. The maximum absolute atomic E-state index is 12.5. The van der Waals surface area contributed by atoms with Crippen LogP contribution in [0.25, 0.3) is 10.1 Å². The number of nitrogens with zero attached hydrogens (tertiary/aromatic N) is 2. The summed E-state index contributed by atoms with van der Waals surface area (Å²) in [5, 5.41) is 14.8. The number of fused-ring (bicyclic) bond motifs is 1. The van der Waals surface area contributed by atoms with Gasteiger partial charge >= 0.3 is 0 Å². The highest BCUT2D eigenvalue weighted by Crippen LogP contribution is 2.29. The first-order chi connectivity index (χ1) is 10.1.